The molecular formula is C19H31N3O. The van der Waals surface area contributed by atoms with Gasteiger partial charge in [-0.3, -0.25) is 4.99 Å². The zero-order valence-corrected chi connectivity index (χ0v) is 14.7. The first-order valence-electron chi connectivity index (χ1n) is 8.87. The number of hydrogen-bond acceptors (Lipinski definition) is 2. The van der Waals surface area contributed by atoms with Crippen molar-refractivity contribution in [1.82, 2.24) is 10.6 Å². The van der Waals surface area contributed by atoms with Crippen LogP contribution in [0.1, 0.15) is 49.3 Å². The SMILES string of the molecule is CCNC(=NCCc1ccc(C)cc1C)NC1CCC(O)CC1. The minimum Gasteiger partial charge on any atom is -0.393 e. The smallest absolute Gasteiger partial charge is 0.191 e. The Morgan fingerprint density at radius 1 is 1.22 bits per heavy atom. The largest absolute Gasteiger partial charge is 0.393 e. The van der Waals surface area contributed by atoms with Crippen LogP contribution >= 0.6 is 0 Å². The molecule has 0 bridgehead atoms. The molecule has 128 valence electrons. The summed E-state index contributed by atoms with van der Waals surface area (Å²) in [5, 5.41) is 16.4. The van der Waals surface area contributed by atoms with Gasteiger partial charge in [0.05, 0.1) is 6.10 Å². The molecule has 1 aromatic carbocycles. The molecule has 0 spiro atoms. The van der Waals surface area contributed by atoms with Crippen LogP contribution in [0.4, 0.5) is 0 Å². The number of aliphatic hydroxyl groups is 1. The molecule has 0 heterocycles. The Hall–Kier alpha value is -1.55. The van der Waals surface area contributed by atoms with Gasteiger partial charge in [0.1, 0.15) is 0 Å². The van der Waals surface area contributed by atoms with E-state index in [2.05, 4.69) is 49.6 Å². The summed E-state index contributed by atoms with van der Waals surface area (Å²) in [7, 11) is 0. The Bertz CT molecular complexity index is 519. The lowest BCUT2D eigenvalue weighted by Crippen LogP contribution is -2.45. The third-order valence-corrected chi connectivity index (χ3v) is 4.53. The van der Waals surface area contributed by atoms with Crippen LogP contribution in [0, 0.1) is 13.8 Å². The third kappa shape index (κ3) is 5.87. The molecule has 0 atom stereocenters. The van der Waals surface area contributed by atoms with E-state index in [0.717, 1.165) is 51.2 Å². The highest BCUT2D eigenvalue weighted by atomic mass is 16.3. The molecule has 0 amide bonds. The van der Waals surface area contributed by atoms with E-state index in [-0.39, 0.29) is 6.10 Å². The fraction of sp³-hybridized carbons (Fsp3) is 0.632. The molecule has 1 fully saturated rings. The van der Waals surface area contributed by atoms with Crippen LogP contribution in [-0.4, -0.2) is 36.3 Å². The van der Waals surface area contributed by atoms with Gasteiger partial charge >= 0.3 is 0 Å². The summed E-state index contributed by atoms with van der Waals surface area (Å²) in [5.74, 6) is 0.902. The van der Waals surface area contributed by atoms with E-state index in [4.69, 9.17) is 4.99 Å². The molecule has 23 heavy (non-hydrogen) atoms. The van der Waals surface area contributed by atoms with Crippen molar-refractivity contribution >= 4 is 5.96 Å². The summed E-state index contributed by atoms with van der Waals surface area (Å²) in [6.45, 7) is 8.04. The number of aliphatic imine (C=N–C) groups is 1. The summed E-state index contributed by atoms with van der Waals surface area (Å²) in [6.07, 6.45) is 4.66. The van der Waals surface area contributed by atoms with Gasteiger partial charge in [0.25, 0.3) is 0 Å². The topological polar surface area (TPSA) is 56.7 Å². The molecule has 4 nitrogen and oxygen atoms in total. The molecule has 0 aliphatic heterocycles. The monoisotopic (exact) mass is 317 g/mol. The predicted molar refractivity (Wildman–Crippen MR) is 97.0 cm³/mol. The van der Waals surface area contributed by atoms with Crippen LogP contribution in [0.25, 0.3) is 0 Å². The van der Waals surface area contributed by atoms with E-state index >= 15 is 0 Å². The van der Waals surface area contributed by atoms with Gasteiger partial charge in [-0.05, 0) is 64.0 Å². The van der Waals surface area contributed by atoms with Gasteiger partial charge < -0.3 is 15.7 Å². The summed E-state index contributed by atoms with van der Waals surface area (Å²) >= 11 is 0. The Morgan fingerprint density at radius 3 is 2.61 bits per heavy atom. The van der Waals surface area contributed by atoms with Gasteiger partial charge in [-0.15, -0.1) is 0 Å². The van der Waals surface area contributed by atoms with Crippen molar-refractivity contribution in [3.63, 3.8) is 0 Å². The molecule has 1 aromatic rings. The van der Waals surface area contributed by atoms with Crippen LogP contribution in [0.2, 0.25) is 0 Å². The van der Waals surface area contributed by atoms with Crippen molar-refractivity contribution in [3.8, 4) is 0 Å². The molecule has 1 aliphatic rings. The first kappa shape index (κ1) is 17.8. The van der Waals surface area contributed by atoms with E-state index in [9.17, 15) is 5.11 Å². The molecule has 1 saturated carbocycles. The Labute approximate surface area is 140 Å². The number of hydrogen-bond donors (Lipinski definition) is 3. The maximum Gasteiger partial charge on any atom is 0.191 e. The zero-order chi connectivity index (χ0) is 16.7. The van der Waals surface area contributed by atoms with Crippen molar-refractivity contribution in [2.24, 2.45) is 4.99 Å². The highest BCUT2D eigenvalue weighted by Gasteiger charge is 2.19. The number of nitrogens with zero attached hydrogens (tertiary/aromatic N) is 1. The normalized spacial score (nSPS) is 22.0. The van der Waals surface area contributed by atoms with Gasteiger partial charge in [0.15, 0.2) is 5.96 Å². The van der Waals surface area contributed by atoms with Gasteiger partial charge in [0, 0.05) is 19.1 Å². The Morgan fingerprint density at radius 2 is 1.96 bits per heavy atom. The van der Waals surface area contributed by atoms with Gasteiger partial charge in [-0.2, -0.15) is 0 Å². The molecule has 0 aromatic heterocycles. The molecule has 4 heteroatoms. The second-order valence-corrected chi connectivity index (χ2v) is 6.59. The van der Waals surface area contributed by atoms with Crippen molar-refractivity contribution in [2.45, 2.75) is 65.0 Å². The third-order valence-electron chi connectivity index (χ3n) is 4.53. The Kier molecular flexibility index (Phi) is 6.90. The quantitative estimate of drug-likeness (QED) is 0.578. The highest BCUT2D eigenvalue weighted by molar-refractivity contribution is 5.80. The summed E-state index contributed by atoms with van der Waals surface area (Å²) in [4.78, 5) is 4.72. The maximum atomic E-state index is 9.60. The van der Waals surface area contributed by atoms with Crippen LogP contribution < -0.4 is 10.6 Å². The number of guanidine groups is 1. The van der Waals surface area contributed by atoms with Crippen LogP contribution in [0.5, 0.6) is 0 Å². The lowest BCUT2D eigenvalue weighted by Gasteiger charge is -2.27. The summed E-state index contributed by atoms with van der Waals surface area (Å²) in [6, 6.07) is 7.04. The molecular weight excluding hydrogens is 286 g/mol. The second kappa shape index (κ2) is 8.92. The number of benzene rings is 1. The predicted octanol–water partition coefficient (Wildman–Crippen LogP) is 2.70. The number of aryl methyl sites for hydroxylation is 2. The van der Waals surface area contributed by atoms with Crippen molar-refractivity contribution < 1.29 is 5.11 Å². The van der Waals surface area contributed by atoms with E-state index in [1.807, 2.05) is 0 Å². The molecule has 0 saturated heterocycles. The fourth-order valence-corrected chi connectivity index (χ4v) is 3.15. The summed E-state index contributed by atoms with van der Waals surface area (Å²) in [5.41, 5.74) is 4.03. The first-order valence-corrected chi connectivity index (χ1v) is 8.87. The van der Waals surface area contributed by atoms with E-state index in [1.165, 1.54) is 16.7 Å². The number of aliphatic hydroxyl groups excluding tert-OH is 1. The average Bonchev–Trinajstić information content (AvgIpc) is 2.52. The van der Waals surface area contributed by atoms with Crippen molar-refractivity contribution in [1.29, 1.82) is 0 Å². The van der Waals surface area contributed by atoms with Crippen LogP contribution in [-0.2, 0) is 6.42 Å². The lowest BCUT2D eigenvalue weighted by molar-refractivity contribution is 0.120. The van der Waals surface area contributed by atoms with Gasteiger partial charge in [-0.1, -0.05) is 23.8 Å². The highest BCUT2D eigenvalue weighted by Crippen LogP contribution is 2.18. The minimum absolute atomic E-state index is 0.114. The molecule has 0 radical (unpaired) electrons. The standard InChI is InChI=1S/C19H31N3O/c1-4-20-19(22-17-7-9-18(23)10-8-17)21-12-11-16-6-5-14(2)13-15(16)3/h5-6,13,17-18,23H,4,7-12H2,1-3H3,(H2,20,21,22). The van der Waals surface area contributed by atoms with Gasteiger partial charge in [0.2, 0.25) is 0 Å². The maximum absolute atomic E-state index is 9.60. The second-order valence-electron chi connectivity index (χ2n) is 6.59. The van der Waals surface area contributed by atoms with Crippen molar-refractivity contribution in [2.75, 3.05) is 13.1 Å². The molecule has 3 N–H and O–H groups in total. The van der Waals surface area contributed by atoms with E-state index in [0.29, 0.717) is 6.04 Å². The fourth-order valence-electron chi connectivity index (χ4n) is 3.15. The molecule has 1 aliphatic carbocycles. The van der Waals surface area contributed by atoms with Crippen molar-refractivity contribution in [3.05, 3.63) is 34.9 Å². The average molecular weight is 317 g/mol. The minimum atomic E-state index is -0.114. The molecule has 2 rings (SSSR count). The molecule has 0 unspecified atom stereocenters. The van der Waals surface area contributed by atoms with E-state index < -0.39 is 0 Å². The first-order chi connectivity index (χ1) is 11.1. The number of nitrogens with one attached hydrogen (secondary N) is 2. The lowest BCUT2D eigenvalue weighted by atomic mass is 9.93. The van der Waals surface area contributed by atoms with Crippen LogP contribution in [0.3, 0.4) is 0 Å². The number of rotatable bonds is 5. The van der Waals surface area contributed by atoms with Gasteiger partial charge in [-0.25, -0.2) is 0 Å². The van der Waals surface area contributed by atoms with E-state index in [1.54, 1.807) is 0 Å². The summed E-state index contributed by atoms with van der Waals surface area (Å²) < 4.78 is 0. The van der Waals surface area contributed by atoms with Crippen LogP contribution in [0.15, 0.2) is 23.2 Å². The zero-order valence-electron chi connectivity index (χ0n) is 14.7. The Balaban J connectivity index is 1.88.